The largest absolute Gasteiger partial charge is 0.480 e. The van der Waals surface area contributed by atoms with Crippen LogP contribution in [0.1, 0.15) is 25.3 Å². The Hall–Kier alpha value is -1.97. The molecule has 0 atom stereocenters. The Morgan fingerprint density at radius 1 is 1.22 bits per heavy atom. The van der Waals surface area contributed by atoms with Crippen molar-refractivity contribution in [3.63, 3.8) is 0 Å². The van der Waals surface area contributed by atoms with Gasteiger partial charge in [-0.05, 0) is 25.3 Å². The number of sulfonamides is 1. The molecule has 27 heavy (non-hydrogen) atoms. The van der Waals surface area contributed by atoms with Crippen molar-refractivity contribution in [2.24, 2.45) is 0 Å². The summed E-state index contributed by atoms with van der Waals surface area (Å²) >= 11 is 0. The number of benzene rings is 1. The Labute approximate surface area is 159 Å². The number of piperidine rings is 1. The lowest BCUT2D eigenvalue weighted by atomic mass is 10.0. The van der Waals surface area contributed by atoms with Crippen LogP contribution < -0.4 is 0 Å². The number of aliphatic carboxylic acids is 1. The lowest BCUT2D eigenvalue weighted by molar-refractivity contribution is -0.149. The van der Waals surface area contributed by atoms with E-state index in [9.17, 15) is 18.0 Å². The van der Waals surface area contributed by atoms with Gasteiger partial charge in [0.05, 0.1) is 12.4 Å². The molecule has 0 aromatic heterocycles. The Balaban J connectivity index is 1.92. The molecule has 0 radical (unpaired) electrons. The molecule has 150 valence electrons. The zero-order valence-corrected chi connectivity index (χ0v) is 16.2. The van der Waals surface area contributed by atoms with Crippen LogP contribution in [0.4, 0.5) is 0 Å². The summed E-state index contributed by atoms with van der Waals surface area (Å²) in [5.41, 5.74) is 0.924. The third-order valence-corrected chi connectivity index (χ3v) is 6.47. The van der Waals surface area contributed by atoms with Crippen molar-refractivity contribution in [1.82, 2.24) is 9.21 Å². The Morgan fingerprint density at radius 3 is 2.41 bits per heavy atom. The van der Waals surface area contributed by atoms with Crippen LogP contribution in [0, 0.1) is 0 Å². The van der Waals surface area contributed by atoms with Gasteiger partial charge < -0.3 is 14.7 Å². The van der Waals surface area contributed by atoms with Crippen molar-refractivity contribution < 1.29 is 27.9 Å². The van der Waals surface area contributed by atoms with Gasteiger partial charge in [0.15, 0.2) is 0 Å². The minimum atomic E-state index is -3.27. The maximum Gasteiger partial charge on any atom is 0.323 e. The first kappa shape index (κ1) is 21.3. The number of rotatable bonds is 9. The van der Waals surface area contributed by atoms with Crippen molar-refractivity contribution in [3.05, 3.63) is 35.9 Å². The molecule has 1 N–H and O–H groups in total. The highest BCUT2D eigenvalue weighted by Gasteiger charge is 2.32. The molecule has 0 spiro atoms. The van der Waals surface area contributed by atoms with Gasteiger partial charge in [0.2, 0.25) is 15.9 Å². The van der Waals surface area contributed by atoms with Gasteiger partial charge >= 0.3 is 5.97 Å². The topological polar surface area (TPSA) is 104 Å². The molecule has 0 bridgehead atoms. The lowest BCUT2D eigenvalue weighted by Gasteiger charge is -2.37. The maximum absolute atomic E-state index is 12.5. The normalized spacial score (nSPS) is 16.2. The summed E-state index contributed by atoms with van der Waals surface area (Å²) in [6.07, 6.45) is 0.827. The standard InChI is InChI=1S/C18H26N2O6S/c1-2-27(24,25)19-10-8-16(9-11-19)20(12-18(22)23)17(21)14-26-13-15-6-4-3-5-7-15/h3-7,16H,2,8-14H2,1H3,(H,22,23). The molecule has 1 fully saturated rings. The molecular formula is C18H26N2O6S. The van der Waals surface area contributed by atoms with Crippen molar-refractivity contribution in [1.29, 1.82) is 0 Å². The van der Waals surface area contributed by atoms with E-state index in [-0.39, 0.29) is 38.1 Å². The number of carboxylic acids is 1. The van der Waals surface area contributed by atoms with Crippen LogP contribution in [0.3, 0.4) is 0 Å². The third-order valence-electron chi connectivity index (χ3n) is 4.59. The van der Waals surface area contributed by atoms with Gasteiger partial charge in [-0.1, -0.05) is 30.3 Å². The summed E-state index contributed by atoms with van der Waals surface area (Å²) in [4.78, 5) is 25.0. The summed E-state index contributed by atoms with van der Waals surface area (Å²) in [7, 11) is -3.27. The van der Waals surface area contributed by atoms with Gasteiger partial charge in [0.25, 0.3) is 0 Å². The molecule has 1 aliphatic rings. The van der Waals surface area contributed by atoms with Crippen LogP contribution in [0.15, 0.2) is 30.3 Å². The fourth-order valence-electron chi connectivity index (χ4n) is 3.09. The van der Waals surface area contributed by atoms with Crippen LogP contribution in [0.2, 0.25) is 0 Å². The predicted octanol–water partition coefficient (Wildman–Crippen LogP) is 0.931. The van der Waals surface area contributed by atoms with Gasteiger partial charge in [-0.3, -0.25) is 9.59 Å². The minimum absolute atomic E-state index is 0.0305. The second kappa shape index (κ2) is 9.82. The highest BCUT2D eigenvalue weighted by Crippen LogP contribution is 2.19. The molecule has 1 aromatic carbocycles. The fourth-order valence-corrected chi connectivity index (χ4v) is 4.23. The van der Waals surface area contributed by atoms with E-state index in [1.165, 1.54) is 9.21 Å². The van der Waals surface area contributed by atoms with Gasteiger partial charge in [0, 0.05) is 19.1 Å². The molecule has 1 aromatic rings. The fraction of sp³-hybridized carbons (Fsp3) is 0.556. The Kier molecular flexibility index (Phi) is 7.76. The average Bonchev–Trinajstić information content (AvgIpc) is 2.67. The van der Waals surface area contributed by atoms with E-state index in [2.05, 4.69) is 0 Å². The summed E-state index contributed by atoms with van der Waals surface area (Å²) in [6, 6.07) is 9.07. The first-order valence-corrected chi connectivity index (χ1v) is 10.5. The first-order valence-electron chi connectivity index (χ1n) is 8.94. The summed E-state index contributed by atoms with van der Waals surface area (Å²) in [5, 5.41) is 9.15. The summed E-state index contributed by atoms with van der Waals surface area (Å²) in [5.74, 6) is -1.47. The van der Waals surface area contributed by atoms with Crippen LogP contribution >= 0.6 is 0 Å². The van der Waals surface area contributed by atoms with Crippen molar-refractivity contribution in [2.75, 3.05) is 32.0 Å². The van der Waals surface area contributed by atoms with Crippen LogP contribution in [-0.4, -0.2) is 72.6 Å². The molecule has 1 saturated heterocycles. The number of hydrogen-bond acceptors (Lipinski definition) is 5. The van der Waals surface area contributed by atoms with E-state index < -0.39 is 28.4 Å². The smallest absolute Gasteiger partial charge is 0.323 e. The van der Waals surface area contributed by atoms with Gasteiger partial charge in [-0.15, -0.1) is 0 Å². The molecule has 0 aliphatic carbocycles. The molecular weight excluding hydrogens is 372 g/mol. The second-order valence-electron chi connectivity index (χ2n) is 6.42. The monoisotopic (exact) mass is 398 g/mol. The molecule has 1 amide bonds. The SMILES string of the molecule is CCS(=O)(=O)N1CCC(N(CC(=O)O)C(=O)COCc2ccccc2)CC1. The summed E-state index contributed by atoms with van der Waals surface area (Å²) in [6.45, 7) is 1.80. The second-order valence-corrected chi connectivity index (χ2v) is 8.68. The Bertz CT molecular complexity index is 729. The van der Waals surface area contributed by atoms with E-state index in [1.807, 2.05) is 30.3 Å². The summed E-state index contributed by atoms with van der Waals surface area (Å²) < 4.78 is 30.7. The predicted molar refractivity (Wildman–Crippen MR) is 99.5 cm³/mol. The van der Waals surface area contributed by atoms with Gasteiger partial charge in [-0.25, -0.2) is 12.7 Å². The molecule has 0 saturated carbocycles. The molecule has 8 nitrogen and oxygen atoms in total. The van der Waals surface area contributed by atoms with E-state index in [0.717, 1.165) is 5.56 Å². The van der Waals surface area contributed by atoms with Gasteiger partial charge in [-0.2, -0.15) is 0 Å². The van der Waals surface area contributed by atoms with Gasteiger partial charge in [0.1, 0.15) is 13.2 Å². The number of amides is 1. The number of nitrogens with zero attached hydrogens (tertiary/aromatic N) is 2. The van der Waals surface area contributed by atoms with Crippen molar-refractivity contribution in [3.8, 4) is 0 Å². The number of ether oxygens (including phenoxy) is 1. The third kappa shape index (κ3) is 6.30. The van der Waals surface area contributed by atoms with Crippen molar-refractivity contribution >= 4 is 21.9 Å². The van der Waals surface area contributed by atoms with E-state index >= 15 is 0 Å². The van der Waals surface area contributed by atoms with Crippen LogP contribution in [0.5, 0.6) is 0 Å². The lowest BCUT2D eigenvalue weighted by Crippen LogP contribution is -2.51. The van der Waals surface area contributed by atoms with Crippen LogP contribution in [0.25, 0.3) is 0 Å². The van der Waals surface area contributed by atoms with E-state index in [4.69, 9.17) is 9.84 Å². The van der Waals surface area contributed by atoms with Crippen molar-refractivity contribution in [2.45, 2.75) is 32.4 Å². The molecule has 1 heterocycles. The van der Waals surface area contributed by atoms with Crippen LogP contribution in [-0.2, 0) is 31.0 Å². The first-order chi connectivity index (χ1) is 12.8. The molecule has 2 rings (SSSR count). The molecule has 1 aliphatic heterocycles. The number of hydrogen-bond donors (Lipinski definition) is 1. The zero-order valence-electron chi connectivity index (χ0n) is 15.4. The Morgan fingerprint density at radius 2 is 1.85 bits per heavy atom. The van der Waals surface area contributed by atoms with E-state index in [1.54, 1.807) is 6.92 Å². The maximum atomic E-state index is 12.5. The number of carboxylic acid groups (broad SMARTS) is 1. The average molecular weight is 398 g/mol. The van der Waals surface area contributed by atoms with E-state index in [0.29, 0.717) is 12.8 Å². The highest BCUT2D eigenvalue weighted by molar-refractivity contribution is 7.89. The zero-order chi connectivity index (χ0) is 19.9. The number of carbonyl (C=O) groups is 2. The quantitative estimate of drug-likeness (QED) is 0.664. The molecule has 0 unspecified atom stereocenters. The number of carbonyl (C=O) groups excluding carboxylic acids is 1. The molecule has 9 heteroatoms. The highest BCUT2D eigenvalue weighted by atomic mass is 32.2. The minimum Gasteiger partial charge on any atom is -0.480 e.